The molecule has 0 aliphatic carbocycles. The molecule has 2 unspecified atom stereocenters. The van der Waals surface area contributed by atoms with Crippen LogP contribution < -0.4 is 0 Å². The Labute approximate surface area is 86.1 Å². The summed E-state index contributed by atoms with van der Waals surface area (Å²) >= 11 is 0. The first kappa shape index (κ1) is 11.7. The van der Waals surface area contributed by atoms with E-state index < -0.39 is 0 Å². The number of aliphatic hydroxyl groups excluding tert-OH is 1. The van der Waals surface area contributed by atoms with Gasteiger partial charge in [-0.05, 0) is 12.3 Å². The molecule has 0 aromatic carbocycles. The van der Waals surface area contributed by atoms with Gasteiger partial charge in [0.15, 0.2) is 0 Å². The second-order valence-electron chi connectivity index (χ2n) is 4.69. The summed E-state index contributed by atoms with van der Waals surface area (Å²) in [5, 5.41) is 9.53. The van der Waals surface area contributed by atoms with E-state index in [-0.39, 0.29) is 12.0 Å². The molecule has 1 aliphatic rings. The monoisotopic (exact) mass is 199 g/mol. The van der Waals surface area contributed by atoms with Crippen molar-refractivity contribution in [1.82, 2.24) is 4.90 Å². The summed E-state index contributed by atoms with van der Waals surface area (Å²) in [6.45, 7) is 8.16. The molecule has 1 heterocycles. The van der Waals surface area contributed by atoms with Gasteiger partial charge in [-0.3, -0.25) is 9.69 Å². The zero-order valence-corrected chi connectivity index (χ0v) is 9.36. The zero-order chi connectivity index (χ0) is 10.7. The highest BCUT2D eigenvalue weighted by Crippen LogP contribution is 2.16. The summed E-state index contributed by atoms with van der Waals surface area (Å²) in [7, 11) is 0. The van der Waals surface area contributed by atoms with Crippen LogP contribution in [-0.2, 0) is 4.79 Å². The number of rotatable bonds is 3. The molecule has 1 N–H and O–H groups in total. The highest BCUT2D eigenvalue weighted by atomic mass is 16.3. The van der Waals surface area contributed by atoms with Gasteiger partial charge in [-0.2, -0.15) is 0 Å². The van der Waals surface area contributed by atoms with E-state index in [2.05, 4.69) is 4.90 Å². The summed E-state index contributed by atoms with van der Waals surface area (Å²) in [5.74, 6) is 0.717. The maximum absolute atomic E-state index is 11.5. The Kier molecular flexibility index (Phi) is 4.08. The third-order valence-corrected chi connectivity index (χ3v) is 2.97. The average Bonchev–Trinajstić information content (AvgIpc) is 2.11. The lowest BCUT2D eigenvalue weighted by molar-refractivity contribution is -0.124. The second kappa shape index (κ2) is 4.89. The van der Waals surface area contributed by atoms with Crippen molar-refractivity contribution in [2.24, 2.45) is 11.8 Å². The minimum absolute atomic E-state index is 0.122. The van der Waals surface area contributed by atoms with Crippen LogP contribution in [0.15, 0.2) is 0 Å². The van der Waals surface area contributed by atoms with Crippen molar-refractivity contribution in [1.29, 1.82) is 0 Å². The van der Waals surface area contributed by atoms with Gasteiger partial charge in [0, 0.05) is 19.0 Å². The number of aliphatic hydroxyl groups is 1. The molecule has 0 radical (unpaired) electrons. The Morgan fingerprint density at radius 3 is 2.71 bits per heavy atom. The van der Waals surface area contributed by atoms with Gasteiger partial charge in [0.25, 0.3) is 0 Å². The summed E-state index contributed by atoms with van der Waals surface area (Å²) in [5.41, 5.74) is 0. The number of carbonyl (C=O) groups is 1. The Hall–Kier alpha value is -0.410. The fraction of sp³-hybridized carbons (Fsp3) is 0.909. The minimum Gasteiger partial charge on any atom is -0.393 e. The van der Waals surface area contributed by atoms with Gasteiger partial charge in [0.1, 0.15) is 5.78 Å². The fourth-order valence-corrected chi connectivity index (χ4v) is 1.77. The second-order valence-corrected chi connectivity index (χ2v) is 4.69. The largest absolute Gasteiger partial charge is 0.393 e. The highest BCUT2D eigenvalue weighted by Gasteiger charge is 2.25. The van der Waals surface area contributed by atoms with Gasteiger partial charge in [0.2, 0.25) is 0 Å². The summed E-state index contributed by atoms with van der Waals surface area (Å²) in [4.78, 5) is 13.6. The first-order valence-electron chi connectivity index (χ1n) is 5.44. The van der Waals surface area contributed by atoms with Crippen LogP contribution in [-0.4, -0.2) is 41.5 Å². The minimum atomic E-state index is -0.180. The quantitative estimate of drug-likeness (QED) is 0.734. The maximum Gasteiger partial charge on any atom is 0.149 e. The molecule has 0 spiro atoms. The van der Waals surface area contributed by atoms with Crippen LogP contribution in [0, 0.1) is 11.8 Å². The van der Waals surface area contributed by atoms with Crippen molar-refractivity contribution in [3.05, 3.63) is 0 Å². The molecule has 3 heteroatoms. The molecule has 1 fully saturated rings. The van der Waals surface area contributed by atoms with E-state index in [4.69, 9.17) is 0 Å². The van der Waals surface area contributed by atoms with E-state index in [1.54, 1.807) is 0 Å². The van der Waals surface area contributed by atoms with Gasteiger partial charge in [-0.1, -0.05) is 20.8 Å². The highest BCUT2D eigenvalue weighted by molar-refractivity contribution is 5.82. The molecule has 2 atom stereocenters. The number of hydrogen-bond donors (Lipinski definition) is 1. The number of hydrogen-bond acceptors (Lipinski definition) is 3. The molecule has 0 aromatic rings. The molecular weight excluding hydrogens is 178 g/mol. The number of nitrogens with zero attached hydrogens (tertiary/aromatic N) is 1. The Balaban J connectivity index is 2.37. The van der Waals surface area contributed by atoms with Gasteiger partial charge in [-0.25, -0.2) is 0 Å². The maximum atomic E-state index is 11.5. The Morgan fingerprint density at radius 2 is 2.21 bits per heavy atom. The Morgan fingerprint density at radius 1 is 1.57 bits per heavy atom. The molecular formula is C11H21NO2. The molecule has 3 nitrogen and oxygen atoms in total. The van der Waals surface area contributed by atoms with Crippen LogP contribution >= 0.6 is 0 Å². The lowest BCUT2D eigenvalue weighted by atomic mass is 9.96. The van der Waals surface area contributed by atoms with Crippen molar-refractivity contribution < 1.29 is 9.90 Å². The van der Waals surface area contributed by atoms with Crippen LogP contribution in [0.25, 0.3) is 0 Å². The zero-order valence-electron chi connectivity index (χ0n) is 9.36. The van der Waals surface area contributed by atoms with Crippen molar-refractivity contribution >= 4 is 5.78 Å². The number of piperidine rings is 1. The molecule has 0 amide bonds. The van der Waals surface area contributed by atoms with E-state index >= 15 is 0 Å². The topological polar surface area (TPSA) is 40.5 Å². The molecule has 0 saturated carbocycles. The van der Waals surface area contributed by atoms with Crippen LogP contribution in [0.5, 0.6) is 0 Å². The fourth-order valence-electron chi connectivity index (χ4n) is 1.77. The first-order valence-corrected chi connectivity index (χ1v) is 5.44. The normalized spacial score (nSPS) is 29.5. The van der Waals surface area contributed by atoms with E-state index in [9.17, 15) is 9.90 Å². The number of likely N-dealkylation sites (tertiary alicyclic amines) is 1. The van der Waals surface area contributed by atoms with Crippen LogP contribution in [0.1, 0.15) is 27.2 Å². The van der Waals surface area contributed by atoms with E-state index in [1.807, 2.05) is 20.8 Å². The summed E-state index contributed by atoms with van der Waals surface area (Å²) < 4.78 is 0. The van der Waals surface area contributed by atoms with E-state index in [0.29, 0.717) is 18.2 Å². The number of carbonyl (C=O) groups excluding carboxylic acids is 1. The van der Waals surface area contributed by atoms with Crippen molar-refractivity contribution in [2.75, 3.05) is 19.6 Å². The molecule has 0 aromatic heterocycles. The van der Waals surface area contributed by atoms with Crippen molar-refractivity contribution in [3.8, 4) is 0 Å². The lowest BCUT2D eigenvalue weighted by Gasteiger charge is -2.34. The van der Waals surface area contributed by atoms with Gasteiger partial charge in [-0.15, -0.1) is 0 Å². The lowest BCUT2D eigenvalue weighted by Crippen LogP contribution is -2.44. The molecule has 82 valence electrons. The predicted octanol–water partition coefficient (Wildman–Crippen LogP) is 0.914. The third kappa shape index (κ3) is 3.07. The summed E-state index contributed by atoms with van der Waals surface area (Å²) in [6.07, 6.45) is 0.618. The SMILES string of the molecule is CC(C)C(=O)CN1CCC(O)C(C)C1. The van der Waals surface area contributed by atoms with Gasteiger partial charge < -0.3 is 5.11 Å². The van der Waals surface area contributed by atoms with Crippen molar-refractivity contribution in [2.45, 2.75) is 33.3 Å². The van der Waals surface area contributed by atoms with E-state index in [1.165, 1.54) is 0 Å². The standard InChI is InChI=1S/C11H21NO2/c1-8(2)11(14)7-12-5-4-10(13)9(3)6-12/h8-10,13H,4-7H2,1-3H3. The third-order valence-electron chi connectivity index (χ3n) is 2.97. The average molecular weight is 199 g/mol. The summed E-state index contributed by atoms with van der Waals surface area (Å²) in [6, 6.07) is 0. The molecule has 1 rings (SSSR count). The van der Waals surface area contributed by atoms with Gasteiger partial charge >= 0.3 is 0 Å². The molecule has 1 aliphatic heterocycles. The number of Topliss-reactive ketones (excluding diaryl/α,β-unsaturated/α-hetero) is 1. The smallest absolute Gasteiger partial charge is 0.149 e. The van der Waals surface area contributed by atoms with Crippen LogP contribution in [0.3, 0.4) is 0 Å². The van der Waals surface area contributed by atoms with E-state index in [0.717, 1.165) is 19.5 Å². The number of ketones is 1. The Bertz CT molecular complexity index is 203. The molecule has 0 bridgehead atoms. The first-order chi connectivity index (χ1) is 6.50. The van der Waals surface area contributed by atoms with Gasteiger partial charge in [0.05, 0.1) is 12.6 Å². The molecule has 14 heavy (non-hydrogen) atoms. The van der Waals surface area contributed by atoms with Crippen LogP contribution in [0.2, 0.25) is 0 Å². The van der Waals surface area contributed by atoms with Crippen molar-refractivity contribution in [3.63, 3.8) is 0 Å². The molecule has 1 saturated heterocycles. The van der Waals surface area contributed by atoms with Crippen LogP contribution in [0.4, 0.5) is 0 Å². The predicted molar refractivity (Wildman–Crippen MR) is 56.1 cm³/mol.